The molecule has 7 nitrogen and oxygen atoms in total. The zero-order chi connectivity index (χ0) is 17.0. The van der Waals surface area contributed by atoms with E-state index >= 15 is 0 Å². The minimum absolute atomic E-state index is 0.0611. The fraction of sp³-hybridized carbons (Fsp3) is 0.286. The summed E-state index contributed by atoms with van der Waals surface area (Å²) < 4.78 is 32.2. The third-order valence-electron chi connectivity index (χ3n) is 2.87. The molecule has 0 saturated heterocycles. The van der Waals surface area contributed by atoms with E-state index in [4.69, 9.17) is 9.84 Å². The number of nitrogens with one attached hydrogen (secondary N) is 1. The highest BCUT2D eigenvalue weighted by molar-refractivity contribution is 7.93. The number of hydrogen-bond donors (Lipinski definition) is 2. The summed E-state index contributed by atoms with van der Waals surface area (Å²) in [7, 11) is -3.73. The molecule has 1 aromatic carbocycles. The maximum Gasteiger partial charge on any atom is 0.341 e. The van der Waals surface area contributed by atoms with E-state index in [0.717, 1.165) is 11.4 Å². The predicted molar refractivity (Wildman–Crippen MR) is 86.6 cm³/mol. The van der Waals surface area contributed by atoms with Crippen LogP contribution >= 0.6 is 11.3 Å². The molecule has 0 fully saturated rings. The van der Waals surface area contributed by atoms with Gasteiger partial charge >= 0.3 is 5.97 Å². The lowest BCUT2D eigenvalue weighted by Gasteiger charge is -2.08. The number of ether oxygens (including phenoxy) is 1. The molecule has 124 valence electrons. The maximum absolute atomic E-state index is 12.4. The van der Waals surface area contributed by atoms with Gasteiger partial charge in [-0.25, -0.2) is 18.2 Å². The van der Waals surface area contributed by atoms with E-state index in [9.17, 15) is 13.2 Å². The van der Waals surface area contributed by atoms with Crippen molar-refractivity contribution in [3.63, 3.8) is 0 Å². The largest absolute Gasteiger partial charge is 0.482 e. The van der Waals surface area contributed by atoms with Gasteiger partial charge in [0.25, 0.3) is 10.0 Å². The summed E-state index contributed by atoms with van der Waals surface area (Å²) in [5.41, 5.74) is 0.636. The molecule has 0 atom stereocenters. The topological polar surface area (TPSA) is 106 Å². The van der Waals surface area contributed by atoms with Crippen molar-refractivity contribution in [3.05, 3.63) is 35.0 Å². The number of thiazole rings is 1. The Bertz CT molecular complexity index is 797. The molecule has 0 radical (unpaired) electrons. The second-order valence-electron chi connectivity index (χ2n) is 4.64. The minimum atomic E-state index is -3.73. The van der Waals surface area contributed by atoms with Crippen molar-refractivity contribution < 1.29 is 23.1 Å². The fourth-order valence-corrected chi connectivity index (χ4v) is 3.99. The van der Waals surface area contributed by atoms with Gasteiger partial charge < -0.3 is 9.84 Å². The van der Waals surface area contributed by atoms with Crippen molar-refractivity contribution in [2.75, 3.05) is 11.3 Å². The molecule has 2 aromatic rings. The summed E-state index contributed by atoms with van der Waals surface area (Å²) >= 11 is 1.30. The van der Waals surface area contributed by atoms with Gasteiger partial charge in [0, 0.05) is 0 Å². The van der Waals surface area contributed by atoms with Gasteiger partial charge in [-0.05, 0) is 37.6 Å². The molecule has 0 saturated carbocycles. The molecule has 1 heterocycles. The number of nitrogens with zero attached hydrogens (tertiary/aromatic N) is 1. The molecule has 0 aliphatic rings. The average Bonchev–Trinajstić information content (AvgIpc) is 2.85. The highest BCUT2D eigenvalue weighted by atomic mass is 32.2. The monoisotopic (exact) mass is 356 g/mol. The molecule has 0 bridgehead atoms. The smallest absolute Gasteiger partial charge is 0.341 e. The number of aryl methyl sites for hydroxylation is 2. The van der Waals surface area contributed by atoms with E-state index in [0.29, 0.717) is 10.7 Å². The van der Waals surface area contributed by atoms with E-state index < -0.39 is 22.6 Å². The standard InChI is InChI=1S/C14H16N2O5S2/c1-3-12-15-9(2)14(22-12)16-23(19,20)11-6-4-10(5-7-11)21-8-13(17)18/h4-7,16H,3,8H2,1-2H3,(H,17,18). The Hall–Kier alpha value is -2.13. The summed E-state index contributed by atoms with van der Waals surface area (Å²) in [4.78, 5) is 14.8. The molecule has 0 amide bonds. The van der Waals surface area contributed by atoms with Crippen LogP contribution < -0.4 is 9.46 Å². The number of aromatic nitrogens is 1. The summed E-state index contributed by atoms with van der Waals surface area (Å²) in [5.74, 6) is -0.815. The first-order chi connectivity index (χ1) is 10.8. The number of carboxylic acid groups (broad SMARTS) is 1. The summed E-state index contributed by atoms with van der Waals surface area (Å²) in [6.45, 7) is 3.22. The van der Waals surface area contributed by atoms with Crippen LogP contribution in [-0.2, 0) is 21.2 Å². The Morgan fingerprint density at radius 3 is 2.52 bits per heavy atom. The lowest BCUT2D eigenvalue weighted by Crippen LogP contribution is -2.13. The van der Waals surface area contributed by atoms with Crippen LogP contribution in [0.4, 0.5) is 5.00 Å². The number of aliphatic carboxylic acids is 1. The Morgan fingerprint density at radius 2 is 2.00 bits per heavy atom. The molecule has 2 rings (SSSR count). The zero-order valence-corrected chi connectivity index (χ0v) is 14.2. The number of sulfonamides is 1. The highest BCUT2D eigenvalue weighted by Gasteiger charge is 2.17. The van der Waals surface area contributed by atoms with E-state index in [2.05, 4.69) is 9.71 Å². The van der Waals surface area contributed by atoms with Gasteiger partial charge in [0.05, 0.1) is 15.6 Å². The van der Waals surface area contributed by atoms with Crippen LogP contribution in [0.3, 0.4) is 0 Å². The maximum atomic E-state index is 12.4. The van der Waals surface area contributed by atoms with Crippen molar-refractivity contribution >= 4 is 32.3 Å². The van der Waals surface area contributed by atoms with Gasteiger partial charge in [0.2, 0.25) is 0 Å². The first kappa shape index (κ1) is 17.2. The van der Waals surface area contributed by atoms with Crippen LogP contribution in [0.5, 0.6) is 5.75 Å². The predicted octanol–water partition coefficient (Wildman–Crippen LogP) is 2.28. The van der Waals surface area contributed by atoms with Gasteiger partial charge in [-0.2, -0.15) is 0 Å². The summed E-state index contributed by atoms with van der Waals surface area (Å²) in [6, 6.07) is 5.54. The summed E-state index contributed by atoms with van der Waals surface area (Å²) in [6.07, 6.45) is 0.739. The molecule has 9 heteroatoms. The van der Waals surface area contributed by atoms with Crippen LogP contribution in [0.15, 0.2) is 29.2 Å². The molecular weight excluding hydrogens is 340 g/mol. The van der Waals surface area contributed by atoms with Gasteiger partial charge in [0.15, 0.2) is 6.61 Å². The molecule has 0 spiro atoms. The quantitative estimate of drug-likeness (QED) is 0.788. The Labute approximate surface area is 138 Å². The van der Waals surface area contributed by atoms with Gasteiger partial charge in [-0.1, -0.05) is 6.92 Å². The number of anilines is 1. The molecule has 23 heavy (non-hydrogen) atoms. The van der Waals surface area contributed by atoms with Crippen molar-refractivity contribution in [2.24, 2.45) is 0 Å². The van der Waals surface area contributed by atoms with Crippen LogP contribution in [0.1, 0.15) is 17.6 Å². The second-order valence-corrected chi connectivity index (χ2v) is 7.40. The first-order valence-electron chi connectivity index (χ1n) is 6.75. The highest BCUT2D eigenvalue weighted by Crippen LogP contribution is 2.27. The van der Waals surface area contributed by atoms with Gasteiger partial charge in [-0.15, -0.1) is 11.3 Å². The van der Waals surface area contributed by atoms with Crippen LogP contribution in [0.25, 0.3) is 0 Å². The number of hydrogen-bond acceptors (Lipinski definition) is 6. The molecular formula is C14H16N2O5S2. The molecule has 2 N–H and O–H groups in total. The van der Waals surface area contributed by atoms with Gasteiger partial charge in [-0.3, -0.25) is 4.72 Å². The number of rotatable bonds is 7. The van der Waals surface area contributed by atoms with Crippen molar-refractivity contribution in [1.29, 1.82) is 0 Å². The van der Waals surface area contributed by atoms with E-state index in [1.165, 1.54) is 35.6 Å². The van der Waals surface area contributed by atoms with Gasteiger partial charge in [0.1, 0.15) is 10.8 Å². The van der Waals surface area contributed by atoms with E-state index in [1.54, 1.807) is 6.92 Å². The Kier molecular flexibility index (Phi) is 5.22. The minimum Gasteiger partial charge on any atom is -0.482 e. The van der Waals surface area contributed by atoms with E-state index in [-0.39, 0.29) is 10.6 Å². The number of carbonyl (C=O) groups is 1. The van der Waals surface area contributed by atoms with Crippen molar-refractivity contribution in [3.8, 4) is 5.75 Å². The van der Waals surface area contributed by atoms with Crippen molar-refractivity contribution in [1.82, 2.24) is 4.98 Å². The lowest BCUT2D eigenvalue weighted by atomic mass is 10.3. The molecule has 0 aliphatic carbocycles. The third-order valence-corrected chi connectivity index (χ3v) is 5.58. The van der Waals surface area contributed by atoms with Crippen LogP contribution in [0.2, 0.25) is 0 Å². The van der Waals surface area contributed by atoms with Crippen LogP contribution in [0, 0.1) is 6.92 Å². The van der Waals surface area contributed by atoms with Crippen LogP contribution in [-0.4, -0.2) is 31.1 Å². The first-order valence-corrected chi connectivity index (χ1v) is 9.05. The molecule has 0 unspecified atom stereocenters. The Balaban J connectivity index is 2.15. The normalized spacial score (nSPS) is 11.2. The SMILES string of the molecule is CCc1nc(C)c(NS(=O)(=O)c2ccc(OCC(=O)O)cc2)s1. The molecule has 1 aromatic heterocycles. The molecule has 0 aliphatic heterocycles. The second kappa shape index (κ2) is 6.97. The van der Waals surface area contributed by atoms with Crippen molar-refractivity contribution in [2.45, 2.75) is 25.2 Å². The summed E-state index contributed by atoms with van der Waals surface area (Å²) in [5, 5.41) is 9.89. The zero-order valence-electron chi connectivity index (χ0n) is 12.6. The number of carboxylic acids is 1. The lowest BCUT2D eigenvalue weighted by molar-refractivity contribution is -0.139. The van der Waals surface area contributed by atoms with E-state index in [1.807, 2.05) is 6.92 Å². The number of benzene rings is 1. The fourth-order valence-electron chi connectivity index (χ4n) is 1.74. The average molecular weight is 356 g/mol. The third kappa shape index (κ3) is 4.42. The Morgan fingerprint density at radius 1 is 1.35 bits per heavy atom.